The van der Waals surface area contributed by atoms with Crippen molar-refractivity contribution < 1.29 is 0 Å². The lowest BCUT2D eigenvalue weighted by atomic mass is 9.97. The third-order valence-corrected chi connectivity index (χ3v) is 5.88. The summed E-state index contributed by atoms with van der Waals surface area (Å²) in [6, 6.07) is 8.05. The summed E-state index contributed by atoms with van der Waals surface area (Å²) in [7, 11) is 0. The molecule has 0 saturated heterocycles. The molecule has 0 atom stereocenters. The summed E-state index contributed by atoms with van der Waals surface area (Å²) in [6.07, 6.45) is 6.22. The van der Waals surface area contributed by atoms with E-state index in [1.54, 1.807) is 22.2 Å². The summed E-state index contributed by atoms with van der Waals surface area (Å²) in [6.45, 7) is 0.561. The Kier molecular flexibility index (Phi) is 3.62. The van der Waals surface area contributed by atoms with E-state index in [1.165, 1.54) is 23.3 Å². The van der Waals surface area contributed by atoms with E-state index in [1.807, 2.05) is 24.3 Å². The molecular weight excluding hydrogens is 360 g/mol. The van der Waals surface area contributed by atoms with Crippen molar-refractivity contribution in [1.29, 1.82) is 0 Å². The lowest BCUT2D eigenvalue weighted by molar-refractivity contribution is 0.697. The van der Waals surface area contributed by atoms with Crippen molar-refractivity contribution in [2.75, 3.05) is 0 Å². The Balaban J connectivity index is 1.82. The van der Waals surface area contributed by atoms with Crippen molar-refractivity contribution in [2.24, 2.45) is 0 Å². The number of hydrogen-bond donors (Lipinski definition) is 0. The maximum Gasteiger partial charge on any atom is 0.262 e. The molecule has 1 aliphatic carbocycles. The minimum atomic E-state index is 0.101. The van der Waals surface area contributed by atoms with Crippen LogP contribution in [-0.4, -0.2) is 9.55 Å². The molecule has 1 aliphatic rings. The molecule has 4 rings (SSSR count). The van der Waals surface area contributed by atoms with Gasteiger partial charge >= 0.3 is 0 Å². The summed E-state index contributed by atoms with van der Waals surface area (Å²) in [5, 5.41) is 0.859. The highest BCUT2D eigenvalue weighted by Crippen LogP contribution is 2.33. The molecule has 0 bridgehead atoms. The summed E-state index contributed by atoms with van der Waals surface area (Å²) >= 11 is 5.17. The lowest BCUT2D eigenvalue weighted by Crippen LogP contribution is -2.21. The van der Waals surface area contributed by atoms with Gasteiger partial charge in [0.15, 0.2) is 0 Å². The van der Waals surface area contributed by atoms with Crippen LogP contribution >= 0.6 is 27.3 Å². The number of benzene rings is 1. The van der Waals surface area contributed by atoms with Crippen molar-refractivity contribution in [2.45, 2.75) is 32.2 Å². The quantitative estimate of drug-likeness (QED) is 0.675. The Hall–Kier alpha value is -1.46. The van der Waals surface area contributed by atoms with Gasteiger partial charge in [-0.25, -0.2) is 4.98 Å². The average Bonchev–Trinajstić information content (AvgIpc) is 2.89. The summed E-state index contributed by atoms with van der Waals surface area (Å²) < 4.78 is 2.76. The van der Waals surface area contributed by atoms with Gasteiger partial charge in [-0.1, -0.05) is 28.1 Å². The van der Waals surface area contributed by atoms with Crippen molar-refractivity contribution >= 4 is 37.5 Å². The third kappa shape index (κ3) is 2.42. The Morgan fingerprint density at radius 1 is 1.27 bits per heavy atom. The van der Waals surface area contributed by atoms with Crippen LogP contribution in [0.15, 0.2) is 39.9 Å². The molecule has 3 aromatic rings. The summed E-state index contributed by atoms with van der Waals surface area (Å²) in [5.74, 6) is 0. The molecule has 0 aliphatic heterocycles. The maximum absolute atomic E-state index is 12.9. The van der Waals surface area contributed by atoms with Crippen LogP contribution in [-0.2, 0) is 19.4 Å². The zero-order chi connectivity index (χ0) is 15.1. The molecule has 2 heterocycles. The highest BCUT2D eigenvalue weighted by atomic mass is 79.9. The minimum Gasteiger partial charge on any atom is -0.294 e. The van der Waals surface area contributed by atoms with Crippen LogP contribution in [0.25, 0.3) is 10.2 Å². The van der Waals surface area contributed by atoms with E-state index in [0.717, 1.165) is 33.1 Å². The first-order valence-electron chi connectivity index (χ1n) is 7.46. The molecule has 3 nitrogen and oxygen atoms in total. The molecule has 0 spiro atoms. The largest absolute Gasteiger partial charge is 0.294 e. The fourth-order valence-electron chi connectivity index (χ4n) is 3.13. The van der Waals surface area contributed by atoms with Gasteiger partial charge in [0.2, 0.25) is 0 Å². The monoisotopic (exact) mass is 374 g/mol. The van der Waals surface area contributed by atoms with E-state index in [2.05, 4.69) is 20.9 Å². The number of fused-ring (bicyclic) bond motifs is 3. The second-order valence-electron chi connectivity index (χ2n) is 5.70. The summed E-state index contributed by atoms with van der Waals surface area (Å²) in [4.78, 5) is 19.7. The molecule has 22 heavy (non-hydrogen) atoms. The number of nitrogens with zero attached hydrogens (tertiary/aromatic N) is 2. The smallest absolute Gasteiger partial charge is 0.262 e. The molecular formula is C17H15BrN2OS. The van der Waals surface area contributed by atoms with Crippen molar-refractivity contribution in [3.63, 3.8) is 0 Å². The van der Waals surface area contributed by atoms with Gasteiger partial charge in [0.25, 0.3) is 5.56 Å². The van der Waals surface area contributed by atoms with Gasteiger partial charge in [-0.3, -0.25) is 9.36 Å². The van der Waals surface area contributed by atoms with Gasteiger partial charge in [0.05, 0.1) is 18.3 Å². The van der Waals surface area contributed by atoms with Crippen LogP contribution in [0, 0.1) is 0 Å². The highest BCUT2D eigenvalue weighted by molar-refractivity contribution is 9.10. The highest BCUT2D eigenvalue weighted by Gasteiger charge is 2.19. The van der Waals surface area contributed by atoms with Crippen molar-refractivity contribution in [3.05, 3.63) is 61.4 Å². The van der Waals surface area contributed by atoms with Crippen molar-refractivity contribution in [3.8, 4) is 0 Å². The van der Waals surface area contributed by atoms with Crippen LogP contribution in [0.3, 0.4) is 0 Å². The topological polar surface area (TPSA) is 34.9 Å². The van der Waals surface area contributed by atoms with Crippen molar-refractivity contribution in [1.82, 2.24) is 9.55 Å². The van der Waals surface area contributed by atoms with Gasteiger partial charge in [-0.05, 0) is 48.9 Å². The van der Waals surface area contributed by atoms with E-state index in [9.17, 15) is 4.79 Å². The molecule has 2 aromatic heterocycles. The average molecular weight is 375 g/mol. The molecule has 0 radical (unpaired) electrons. The zero-order valence-corrected chi connectivity index (χ0v) is 14.4. The number of rotatable bonds is 2. The summed E-state index contributed by atoms with van der Waals surface area (Å²) in [5.41, 5.74) is 2.46. The van der Waals surface area contributed by atoms with Gasteiger partial charge in [-0.2, -0.15) is 0 Å². The number of thiophene rings is 1. The molecule has 0 unspecified atom stereocenters. The Bertz CT molecular complexity index is 913. The fraction of sp³-hybridized carbons (Fsp3) is 0.294. The van der Waals surface area contributed by atoms with E-state index in [-0.39, 0.29) is 5.56 Å². The van der Waals surface area contributed by atoms with E-state index < -0.39 is 0 Å². The number of hydrogen-bond acceptors (Lipinski definition) is 3. The van der Waals surface area contributed by atoms with Crippen LogP contribution < -0.4 is 5.56 Å². The maximum atomic E-state index is 12.9. The Labute approximate surface area is 140 Å². The van der Waals surface area contributed by atoms with Crippen LogP contribution in [0.2, 0.25) is 0 Å². The van der Waals surface area contributed by atoms with Crippen LogP contribution in [0.4, 0.5) is 0 Å². The van der Waals surface area contributed by atoms with Gasteiger partial charge in [0.1, 0.15) is 4.83 Å². The standard InChI is InChI=1S/C17H15BrN2OS/c18-12-5-3-4-11(8-12)9-20-10-19-16-15(17(20)21)13-6-1-2-7-14(13)22-16/h3-5,8,10H,1-2,6-7,9H2. The second-order valence-corrected chi connectivity index (χ2v) is 7.70. The normalized spacial score (nSPS) is 14.2. The first-order chi connectivity index (χ1) is 10.7. The number of aryl methyl sites for hydroxylation is 2. The van der Waals surface area contributed by atoms with E-state index >= 15 is 0 Å². The van der Waals surface area contributed by atoms with Crippen LogP contribution in [0.5, 0.6) is 0 Å². The first kappa shape index (κ1) is 14.2. The Morgan fingerprint density at radius 3 is 3.00 bits per heavy atom. The molecule has 5 heteroatoms. The number of halogens is 1. The predicted octanol–water partition coefficient (Wildman–Crippen LogP) is 4.15. The predicted molar refractivity (Wildman–Crippen MR) is 93.8 cm³/mol. The zero-order valence-electron chi connectivity index (χ0n) is 12.0. The lowest BCUT2D eigenvalue weighted by Gasteiger charge is -2.10. The van der Waals surface area contributed by atoms with Crippen LogP contribution in [0.1, 0.15) is 28.8 Å². The van der Waals surface area contributed by atoms with E-state index in [4.69, 9.17) is 0 Å². The minimum absolute atomic E-state index is 0.101. The van der Waals surface area contributed by atoms with Gasteiger partial charge in [-0.15, -0.1) is 11.3 Å². The Morgan fingerprint density at radius 2 is 2.14 bits per heavy atom. The first-order valence-corrected chi connectivity index (χ1v) is 9.07. The van der Waals surface area contributed by atoms with E-state index in [0.29, 0.717) is 6.54 Å². The molecule has 0 amide bonds. The fourth-order valence-corrected chi connectivity index (χ4v) is 4.79. The molecule has 112 valence electrons. The van der Waals surface area contributed by atoms with Gasteiger partial charge in [0, 0.05) is 9.35 Å². The molecule has 0 fully saturated rings. The SMILES string of the molecule is O=c1c2c3c(sc2ncn1Cc1cccc(Br)c1)CCCC3. The molecule has 1 aromatic carbocycles. The molecule has 0 N–H and O–H groups in total. The van der Waals surface area contributed by atoms with Gasteiger partial charge < -0.3 is 0 Å². The second kappa shape index (κ2) is 5.63. The number of aromatic nitrogens is 2. The molecule has 0 saturated carbocycles. The third-order valence-electron chi connectivity index (χ3n) is 4.18.